The smallest absolute Gasteiger partial charge is 0.339 e. The van der Waals surface area contributed by atoms with Gasteiger partial charge in [-0.1, -0.05) is 45.6 Å². The van der Waals surface area contributed by atoms with E-state index in [1.807, 2.05) is 4.90 Å². The van der Waals surface area contributed by atoms with Crippen LogP contribution < -0.4 is 8.92 Å². The lowest BCUT2D eigenvalue weighted by Gasteiger charge is -2.26. The fourth-order valence-corrected chi connectivity index (χ4v) is 5.28. The van der Waals surface area contributed by atoms with E-state index >= 15 is 0 Å². The molecule has 0 unspecified atom stereocenters. The fourth-order valence-electron chi connectivity index (χ4n) is 4.35. The van der Waals surface area contributed by atoms with Gasteiger partial charge in [-0.3, -0.25) is 4.79 Å². The summed E-state index contributed by atoms with van der Waals surface area (Å²) >= 11 is 0. The SMILES string of the molecule is COc1ccc(CN(CC(C)C)C(=O)CCC2CCCC2)cc1OS(=O)(=O)c1ccc(F)cc1. The van der Waals surface area contributed by atoms with Crippen molar-refractivity contribution in [3.05, 3.63) is 53.8 Å². The first-order valence-corrected chi connectivity index (χ1v) is 13.2. The van der Waals surface area contributed by atoms with Crippen molar-refractivity contribution >= 4 is 16.0 Å². The highest BCUT2D eigenvalue weighted by Gasteiger charge is 2.22. The van der Waals surface area contributed by atoms with Crippen LogP contribution in [-0.4, -0.2) is 32.9 Å². The molecule has 0 spiro atoms. The molecule has 34 heavy (non-hydrogen) atoms. The molecular weight excluding hydrogens is 457 g/mol. The topological polar surface area (TPSA) is 72.9 Å². The molecule has 0 aliphatic heterocycles. The average molecular weight is 492 g/mol. The Kier molecular flexibility index (Phi) is 8.94. The minimum absolute atomic E-state index is 0.0206. The van der Waals surface area contributed by atoms with Gasteiger partial charge in [-0.15, -0.1) is 0 Å². The van der Waals surface area contributed by atoms with Crippen LogP contribution in [-0.2, 0) is 21.5 Å². The molecule has 0 bridgehead atoms. The largest absolute Gasteiger partial charge is 0.493 e. The van der Waals surface area contributed by atoms with Gasteiger partial charge in [0, 0.05) is 19.5 Å². The number of carbonyl (C=O) groups excluding carboxylic acids is 1. The van der Waals surface area contributed by atoms with Crippen molar-refractivity contribution in [1.29, 1.82) is 0 Å². The van der Waals surface area contributed by atoms with Crippen LogP contribution in [0.1, 0.15) is 57.9 Å². The van der Waals surface area contributed by atoms with Gasteiger partial charge in [-0.2, -0.15) is 8.42 Å². The number of rotatable bonds is 11. The standard InChI is InChI=1S/C26H34FNO5S/c1-19(2)17-28(26(29)15-9-20-6-4-5-7-20)18-21-8-14-24(32-3)25(16-21)33-34(30,31)23-12-10-22(27)11-13-23/h8,10-14,16,19-20H,4-7,9,15,17-18H2,1-3H3. The van der Waals surface area contributed by atoms with Gasteiger partial charge in [-0.05, 0) is 60.2 Å². The van der Waals surface area contributed by atoms with E-state index in [4.69, 9.17) is 8.92 Å². The maximum absolute atomic E-state index is 13.2. The molecule has 0 N–H and O–H groups in total. The Balaban J connectivity index is 1.77. The number of ether oxygens (including phenoxy) is 1. The number of amides is 1. The van der Waals surface area contributed by atoms with Gasteiger partial charge in [0.2, 0.25) is 5.91 Å². The summed E-state index contributed by atoms with van der Waals surface area (Å²) in [4.78, 5) is 14.7. The second-order valence-electron chi connectivity index (χ2n) is 9.33. The summed E-state index contributed by atoms with van der Waals surface area (Å²) in [6, 6.07) is 9.42. The monoisotopic (exact) mass is 491 g/mol. The van der Waals surface area contributed by atoms with Crippen LogP contribution >= 0.6 is 0 Å². The molecule has 0 atom stereocenters. The molecule has 0 radical (unpaired) electrons. The molecule has 1 aliphatic carbocycles. The van der Waals surface area contributed by atoms with Gasteiger partial charge >= 0.3 is 10.1 Å². The van der Waals surface area contributed by atoms with Gasteiger partial charge in [-0.25, -0.2) is 4.39 Å². The van der Waals surface area contributed by atoms with Gasteiger partial charge in [0.05, 0.1) is 7.11 Å². The molecule has 1 saturated carbocycles. The number of methoxy groups -OCH3 is 1. The summed E-state index contributed by atoms with van der Waals surface area (Å²) in [5, 5.41) is 0. The second kappa shape index (κ2) is 11.7. The lowest BCUT2D eigenvalue weighted by Crippen LogP contribution is -2.33. The number of hydrogen-bond donors (Lipinski definition) is 0. The molecule has 0 aromatic heterocycles. The number of nitrogens with zero attached hydrogens (tertiary/aromatic N) is 1. The Morgan fingerprint density at radius 1 is 1.09 bits per heavy atom. The third-order valence-corrected chi connectivity index (χ3v) is 7.33. The average Bonchev–Trinajstić information content (AvgIpc) is 3.31. The Hall–Kier alpha value is -2.61. The predicted octanol–water partition coefficient (Wildman–Crippen LogP) is 5.56. The van der Waals surface area contributed by atoms with E-state index in [0.717, 1.165) is 36.2 Å². The van der Waals surface area contributed by atoms with Crippen LogP contribution in [0.4, 0.5) is 4.39 Å². The summed E-state index contributed by atoms with van der Waals surface area (Å²) in [7, 11) is -2.77. The molecule has 8 heteroatoms. The number of hydrogen-bond acceptors (Lipinski definition) is 5. The zero-order chi connectivity index (χ0) is 24.7. The molecule has 186 valence electrons. The van der Waals surface area contributed by atoms with Gasteiger partial charge in [0.15, 0.2) is 11.5 Å². The maximum atomic E-state index is 13.2. The van der Waals surface area contributed by atoms with E-state index in [1.165, 1.54) is 32.8 Å². The Labute approximate surface area is 202 Å². The zero-order valence-corrected chi connectivity index (χ0v) is 20.9. The highest BCUT2D eigenvalue weighted by molar-refractivity contribution is 7.87. The summed E-state index contributed by atoms with van der Waals surface area (Å²) < 4.78 is 49.3. The van der Waals surface area contributed by atoms with Gasteiger partial charge in [0.1, 0.15) is 10.7 Å². The molecule has 2 aromatic carbocycles. The van der Waals surface area contributed by atoms with E-state index in [9.17, 15) is 17.6 Å². The molecule has 0 heterocycles. The number of halogens is 1. The maximum Gasteiger partial charge on any atom is 0.339 e. The van der Waals surface area contributed by atoms with E-state index in [0.29, 0.717) is 31.3 Å². The molecule has 1 aliphatic rings. The minimum Gasteiger partial charge on any atom is -0.493 e. The summed E-state index contributed by atoms with van der Waals surface area (Å²) in [5.74, 6) is 0.773. The molecule has 1 fully saturated rings. The first-order chi connectivity index (χ1) is 16.2. The van der Waals surface area contributed by atoms with Crippen LogP contribution in [0.3, 0.4) is 0 Å². The van der Waals surface area contributed by atoms with Crippen LogP contribution in [0.15, 0.2) is 47.4 Å². The summed E-state index contributed by atoms with van der Waals surface area (Å²) in [6.07, 6.45) is 6.36. The highest BCUT2D eigenvalue weighted by atomic mass is 32.2. The van der Waals surface area contributed by atoms with E-state index in [1.54, 1.807) is 18.2 Å². The van der Waals surface area contributed by atoms with Crippen molar-refractivity contribution in [2.45, 2.75) is 63.8 Å². The lowest BCUT2D eigenvalue weighted by molar-refractivity contribution is -0.132. The molecule has 3 rings (SSSR count). The fraction of sp³-hybridized carbons (Fsp3) is 0.500. The Morgan fingerprint density at radius 3 is 2.38 bits per heavy atom. The normalized spacial score (nSPS) is 14.4. The van der Waals surface area contributed by atoms with Crippen molar-refractivity contribution < 1.29 is 26.5 Å². The highest BCUT2D eigenvalue weighted by Crippen LogP contribution is 2.32. The van der Waals surface area contributed by atoms with Crippen molar-refractivity contribution in [2.24, 2.45) is 11.8 Å². The van der Waals surface area contributed by atoms with Crippen molar-refractivity contribution in [2.75, 3.05) is 13.7 Å². The van der Waals surface area contributed by atoms with Crippen molar-refractivity contribution in [1.82, 2.24) is 4.90 Å². The quantitative estimate of drug-likeness (QED) is 0.385. The molecule has 0 saturated heterocycles. The van der Waals surface area contributed by atoms with Crippen LogP contribution in [0.5, 0.6) is 11.5 Å². The first-order valence-electron chi connectivity index (χ1n) is 11.8. The van der Waals surface area contributed by atoms with E-state index in [-0.39, 0.29) is 22.3 Å². The van der Waals surface area contributed by atoms with Crippen LogP contribution in [0.2, 0.25) is 0 Å². The van der Waals surface area contributed by atoms with Crippen molar-refractivity contribution in [3.8, 4) is 11.5 Å². The third-order valence-electron chi connectivity index (χ3n) is 6.08. The van der Waals surface area contributed by atoms with Crippen molar-refractivity contribution in [3.63, 3.8) is 0 Å². The molecule has 1 amide bonds. The molecule has 6 nitrogen and oxygen atoms in total. The van der Waals surface area contributed by atoms with E-state index < -0.39 is 15.9 Å². The molecule has 2 aromatic rings. The Morgan fingerprint density at radius 2 is 1.76 bits per heavy atom. The lowest BCUT2D eigenvalue weighted by atomic mass is 10.0. The zero-order valence-electron chi connectivity index (χ0n) is 20.1. The Bertz CT molecular complexity index is 1060. The van der Waals surface area contributed by atoms with Crippen LogP contribution in [0.25, 0.3) is 0 Å². The van der Waals surface area contributed by atoms with Crippen LogP contribution in [0, 0.1) is 17.7 Å². The van der Waals surface area contributed by atoms with Gasteiger partial charge in [0.25, 0.3) is 0 Å². The number of benzene rings is 2. The molecular formula is C26H34FNO5S. The van der Waals surface area contributed by atoms with E-state index in [2.05, 4.69) is 13.8 Å². The number of carbonyl (C=O) groups is 1. The van der Waals surface area contributed by atoms with Gasteiger partial charge < -0.3 is 13.8 Å². The third kappa shape index (κ3) is 7.19. The predicted molar refractivity (Wildman–Crippen MR) is 129 cm³/mol. The first kappa shape index (κ1) is 26.0. The minimum atomic E-state index is -4.19. The summed E-state index contributed by atoms with van der Waals surface area (Å²) in [5.41, 5.74) is 0.736. The summed E-state index contributed by atoms with van der Waals surface area (Å²) in [6.45, 7) is 5.09. The second-order valence-corrected chi connectivity index (χ2v) is 10.9.